The van der Waals surface area contributed by atoms with Crippen LogP contribution in [0.4, 0.5) is 13.2 Å². The molecule has 1 aromatic rings. The standard InChI is InChI=1S/C21H26F3N5O/c1-13-15(4-3-5-18(13)21(22,23)24)11-28-20(26)17-10-16(12-27-19(17)14(2)25)29-6-8-30-9-7-29/h3-5,10,12,27H,6-9,11,25H2,1-2H3,(H2,26,28)/b19-14+. The van der Waals surface area contributed by atoms with Crippen LogP contribution in [-0.4, -0.2) is 37.0 Å². The van der Waals surface area contributed by atoms with E-state index in [1.54, 1.807) is 13.0 Å². The molecule has 0 amide bonds. The molecule has 5 N–H and O–H groups in total. The lowest BCUT2D eigenvalue weighted by Gasteiger charge is -2.32. The largest absolute Gasteiger partial charge is 0.416 e. The van der Waals surface area contributed by atoms with Gasteiger partial charge in [0.1, 0.15) is 5.84 Å². The quantitative estimate of drug-likeness (QED) is 0.514. The fraction of sp³-hybridized carbons (Fsp3) is 0.381. The third-order valence-corrected chi connectivity index (χ3v) is 5.14. The molecule has 0 bridgehead atoms. The lowest BCUT2D eigenvalue weighted by molar-refractivity contribution is -0.138. The zero-order valence-corrected chi connectivity index (χ0v) is 17.0. The van der Waals surface area contributed by atoms with Crippen LogP contribution in [-0.2, 0) is 17.5 Å². The first-order valence-electron chi connectivity index (χ1n) is 9.62. The second-order valence-electron chi connectivity index (χ2n) is 7.22. The van der Waals surface area contributed by atoms with E-state index in [2.05, 4.69) is 15.2 Å². The van der Waals surface area contributed by atoms with E-state index in [1.807, 2.05) is 12.3 Å². The van der Waals surface area contributed by atoms with E-state index in [4.69, 9.17) is 16.2 Å². The highest BCUT2D eigenvalue weighted by Gasteiger charge is 2.32. The fourth-order valence-electron chi connectivity index (χ4n) is 3.44. The number of amidine groups is 1. The number of alkyl halides is 3. The molecule has 2 heterocycles. The number of aliphatic imine (C=N–C) groups is 1. The average molecular weight is 421 g/mol. The molecule has 9 heteroatoms. The van der Waals surface area contributed by atoms with E-state index in [-0.39, 0.29) is 17.9 Å². The van der Waals surface area contributed by atoms with Crippen LogP contribution < -0.4 is 16.8 Å². The minimum atomic E-state index is -4.41. The van der Waals surface area contributed by atoms with Gasteiger partial charge in [0.05, 0.1) is 36.7 Å². The molecule has 0 aromatic heterocycles. The number of hydrogen-bond donors (Lipinski definition) is 3. The molecule has 0 saturated carbocycles. The lowest BCUT2D eigenvalue weighted by Crippen LogP contribution is -2.37. The van der Waals surface area contributed by atoms with Crippen LogP contribution in [0, 0.1) is 6.92 Å². The molecule has 1 fully saturated rings. The Balaban J connectivity index is 1.88. The summed E-state index contributed by atoms with van der Waals surface area (Å²) in [5.41, 5.74) is 14.9. The Morgan fingerprint density at radius 1 is 1.23 bits per heavy atom. The molecule has 162 valence electrons. The summed E-state index contributed by atoms with van der Waals surface area (Å²) in [5, 5.41) is 3.17. The molecule has 1 saturated heterocycles. The molecule has 2 aliphatic rings. The van der Waals surface area contributed by atoms with Crippen LogP contribution in [0.2, 0.25) is 0 Å². The van der Waals surface area contributed by atoms with E-state index in [0.717, 1.165) is 24.9 Å². The number of ether oxygens (including phenoxy) is 1. The number of allylic oxidation sites excluding steroid dienone is 2. The second-order valence-corrected chi connectivity index (χ2v) is 7.22. The van der Waals surface area contributed by atoms with Crippen molar-refractivity contribution in [3.63, 3.8) is 0 Å². The minimum absolute atomic E-state index is 0.0342. The van der Waals surface area contributed by atoms with Crippen molar-refractivity contribution >= 4 is 5.84 Å². The predicted molar refractivity (Wildman–Crippen MR) is 110 cm³/mol. The zero-order valence-electron chi connectivity index (χ0n) is 17.0. The molecule has 6 nitrogen and oxygen atoms in total. The fourth-order valence-corrected chi connectivity index (χ4v) is 3.44. The molecule has 2 aliphatic heterocycles. The number of nitrogens with zero attached hydrogens (tertiary/aromatic N) is 2. The van der Waals surface area contributed by atoms with Crippen LogP contribution in [0.15, 0.2) is 58.1 Å². The van der Waals surface area contributed by atoms with Crippen molar-refractivity contribution in [2.24, 2.45) is 16.5 Å². The van der Waals surface area contributed by atoms with Gasteiger partial charge in [-0.05, 0) is 37.1 Å². The minimum Gasteiger partial charge on any atom is -0.401 e. The average Bonchev–Trinajstić information content (AvgIpc) is 2.72. The highest BCUT2D eigenvalue weighted by Crippen LogP contribution is 2.33. The Kier molecular flexibility index (Phi) is 6.40. The van der Waals surface area contributed by atoms with Gasteiger partial charge in [-0.15, -0.1) is 0 Å². The topological polar surface area (TPSA) is 88.9 Å². The normalized spacial score (nSPS) is 19.8. The third-order valence-electron chi connectivity index (χ3n) is 5.14. The van der Waals surface area contributed by atoms with Gasteiger partial charge in [0.15, 0.2) is 0 Å². The highest BCUT2D eigenvalue weighted by molar-refractivity contribution is 6.01. The van der Waals surface area contributed by atoms with Gasteiger partial charge in [0.2, 0.25) is 0 Å². The van der Waals surface area contributed by atoms with Crippen molar-refractivity contribution in [1.82, 2.24) is 10.2 Å². The van der Waals surface area contributed by atoms with Crippen molar-refractivity contribution in [2.75, 3.05) is 26.3 Å². The van der Waals surface area contributed by atoms with Crippen molar-refractivity contribution in [1.29, 1.82) is 0 Å². The molecule has 30 heavy (non-hydrogen) atoms. The monoisotopic (exact) mass is 421 g/mol. The summed E-state index contributed by atoms with van der Waals surface area (Å²) in [6.07, 6.45) is -0.661. The number of rotatable bonds is 4. The van der Waals surface area contributed by atoms with E-state index in [9.17, 15) is 13.2 Å². The Labute approximate surface area is 173 Å². The van der Waals surface area contributed by atoms with Crippen molar-refractivity contribution in [3.05, 3.63) is 69.8 Å². The summed E-state index contributed by atoms with van der Waals surface area (Å²) in [7, 11) is 0. The maximum absolute atomic E-state index is 13.2. The number of nitrogens with two attached hydrogens (primary N) is 2. The van der Waals surface area contributed by atoms with Gasteiger partial charge in [-0.1, -0.05) is 12.1 Å². The Morgan fingerprint density at radius 2 is 1.93 bits per heavy atom. The Hall–Kier alpha value is -2.94. The number of nitrogens with one attached hydrogen (secondary N) is 1. The smallest absolute Gasteiger partial charge is 0.401 e. The predicted octanol–water partition coefficient (Wildman–Crippen LogP) is 2.76. The summed E-state index contributed by atoms with van der Waals surface area (Å²) < 4.78 is 44.9. The Bertz CT molecular complexity index is 921. The molecule has 1 aromatic carbocycles. The van der Waals surface area contributed by atoms with Gasteiger partial charge in [0.25, 0.3) is 0 Å². The number of dihydropyridines is 1. The maximum atomic E-state index is 13.2. The number of benzene rings is 1. The third kappa shape index (κ3) is 4.79. The molecule has 0 spiro atoms. The van der Waals surface area contributed by atoms with Crippen molar-refractivity contribution in [3.8, 4) is 0 Å². The van der Waals surface area contributed by atoms with Gasteiger partial charge >= 0.3 is 6.18 Å². The highest BCUT2D eigenvalue weighted by atomic mass is 19.4. The van der Waals surface area contributed by atoms with Crippen LogP contribution in [0.3, 0.4) is 0 Å². The summed E-state index contributed by atoms with van der Waals surface area (Å²) in [6.45, 7) is 5.99. The van der Waals surface area contributed by atoms with Crippen LogP contribution in [0.25, 0.3) is 0 Å². The van der Waals surface area contributed by atoms with Gasteiger partial charge in [-0.3, -0.25) is 4.99 Å². The summed E-state index contributed by atoms with van der Waals surface area (Å²) >= 11 is 0. The first-order chi connectivity index (χ1) is 14.2. The number of hydrogen-bond acceptors (Lipinski definition) is 5. The molecule has 3 rings (SSSR count). The van der Waals surface area contributed by atoms with Crippen molar-refractivity contribution < 1.29 is 17.9 Å². The van der Waals surface area contributed by atoms with E-state index in [1.165, 1.54) is 13.0 Å². The number of morpholine rings is 1. The van der Waals surface area contributed by atoms with E-state index in [0.29, 0.717) is 35.7 Å². The van der Waals surface area contributed by atoms with Crippen LogP contribution in [0.1, 0.15) is 23.6 Å². The summed E-state index contributed by atoms with van der Waals surface area (Å²) in [4.78, 5) is 6.53. The zero-order chi connectivity index (χ0) is 21.9. The summed E-state index contributed by atoms with van der Waals surface area (Å²) in [6, 6.07) is 4.07. The second kappa shape index (κ2) is 8.83. The molecule has 0 atom stereocenters. The maximum Gasteiger partial charge on any atom is 0.416 e. The van der Waals surface area contributed by atoms with Gasteiger partial charge in [-0.2, -0.15) is 13.2 Å². The van der Waals surface area contributed by atoms with Gasteiger partial charge in [0, 0.05) is 30.6 Å². The first-order valence-corrected chi connectivity index (χ1v) is 9.62. The molecule has 0 radical (unpaired) electrons. The van der Waals surface area contributed by atoms with Crippen LogP contribution >= 0.6 is 0 Å². The van der Waals surface area contributed by atoms with Crippen molar-refractivity contribution in [2.45, 2.75) is 26.6 Å². The van der Waals surface area contributed by atoms with E-state index < -0.39 is 11.7 Å². The molecular weight excluding hydrogens is 395 g/mol. The molecular formula is C21H26F3N5O. The molecule has 0 unspecified atom stereocenters. The van der Waals surface area contributed by atoms with E-state index >= 15 is 0 Å². The van der Waals surface area contributed by atoms with Gasteiger partial charge < -0.3 is 26.4 Å². The SMILES string of the molecule is C/C(N)=C1\NC=C(N2CCOCC2)C=C1C(N)=NCc1cccc(C(F)(F)F)c1C. The van der Waals surface area contributed by atoms with Gasteiger partial charge in [-0.25, -0.2) is 0 Å². The lowest BCUT2D eigenvalue weighted by atomic mass is 10.0. The van der Waals surface area contributed by atoms with Crippen LogP contribution in [0.5, 0.6) is 0 Å². The number of halogens is 3. The Morgan fingerprint density at radius 3 is 2.57 bits per heavy atom. The molecule has 0 aliphatic carbocycles. The first kappa shape index (κ1) is 21.8. The summed E-state index contributed by atoms with van der Waals surface area (Å²) in [5.74, 6) is 0.206.